The monoisotopic (exact) mass is 270 g/mol. The molecule has 1 rings (SSSR count). The van der Waals surface area contributed by atoms with E-state index in [9.17, 15) is 4.79 Å². The Hall–Kier alpha value is -1.01. The number of aryl methyl sites for hydroxylation is 1. The SMILES string of the molecule is CCc1nnsc1C(=O)N(C)CCC(N)C(C)C. The molecule has 1 atom stereocenters. The average Bonchev–Trinajstić information content (AvgIpc) is 2.82. The van der Waals surface area contributed by atoms with Crippen molar-refractivity contribution in [3.8, 4) is 0 Å². The van der Waals surface area contributed by atoms with Crippen LogP contribution in [0.1, 0.15) is 42.6 Å². The summed E-state index contributed by atoms with van der Waals surface area (Å²) < 4.78 is 3.84. The Bertz CT molecular complexity index is 391. The minimum Gasteiger partial charge on any atom is -0.341 e. The van der Waals surface area contributed by atoms with Crippen LogP contribution in [-0.4, -0.2) is 40.0 Å². The van der Waals surface area contributed by atoms with Crippen LogP contribution in [0.15, 0.2) is 0 Å². The lowest BCUT2D eigenvalue weighted by Crippen LogP contribution is -2.34. The third-order valence-electron chi connectivity index (χ3n) is 3.09. The maximum absolute atomic E-state index is 12.2. The summed E-state index contributed by atoms with van der Waals surface area (Å²) in [5, 5.41) is 3.96. The van der Waals surface area contributed by atoms with Gasteiger partial charge in [-0.05, 0) is 30.3 Å². The predicted molar refractivity (Wildman–Crippen MR) is 73.7 cm³/mol. The Labute approximate surface area is 113 Å². The highest BCUT2D eigenvalue weighted by molar-refractivity contribution is 7.07. The Kier molecular flexibility index (Phi) is 5.68. The summed E-state index contributed by atoms with van der Waals surface area (Å²) in [4.78, 5) is 14.5. The van der Waals surface area contributed by atoms with Gasteiger partial charge >= 0.3 is 0 Å². The Morgan fingerprint density at radius 3 is 2.72 bits per heavy atom. The second kappa shape index (κ2) is 6.80. The first-order chi connectivity index (χ1) is 8.47. The Balaban J connectivity index is 2.57. The fraction of sp³-hybridized carbons (Fsp3) is 0.750. The maximum Gasteiger partial charge on any atom is 0.267 e. The van der Waals surface area contributed by atoms with Gasteiger partial charge in [-0.3, -0.25) is 4.79 Å². The molecule has 1 unspecified atom stereocenters. The summed E-state index contributed by atoms with van der Waals surface area (Å²) in [7, 11) is 1.80. The van der Waals surface area contributed by atoms with Gasteiger partial charge in [-0.1, -0.05) is 25.3 Å². The quantitative estimate of drug-likeness (QED) is 0.851. The predicted octanol–water partition coefficient (Wildman–Crippen LogP) is 1.55. The molecule has 5 nitrogen and oxygen atoms in total. The van der Waals surface area contributed by atoms with E-state index in [1.54, 1.807) is 11.9 Å². The molecule has 0 aliphatic carbocycles. The van der Waals surface area contributed by atoms with E-state index in [4.69, 9.17) is 5.73 Å². The zero-order valence-corrected chi connectivity index (χ0v) is 12.3. The van der Waals surface area contributed by atoms with E-state index < -0.39 is 0 Å². The second-order valence-electron chi connectivity index (χ2n) is 4.83. The third-order valence-corrected chi connectivity index (χ3v) is 3.84. The van der Waals surface area contributed by atoms with Crippen LogP contribution < -0.4 is 5.73 Å². The lowest BCUT2D eigenvalue weighted by molar-refractivity contribution is 0.0792. The van der Waals surface area contributed by atoms with Crippen molar-refractivity contribution in [2.24, 2.45) is 11.7 Å². The molecule has 0 aliphatic rings. The first-order valence-electron chi connectivity index (χ1n) is 6.29. The summed E-state index contributed by atoms with van der Waals surface area (Å²) in [5.41, 5.74) is 6.76. The summed E-state index contributed by atoms with van der Waals surface area (Å²) in [5.74, 6) is 0.433. The number of nitrogens with two attached hydrogens (primary N) is 1. The van der Waals surface area contributed by atoms with Crippen molar-refractivity contribution >= 4 is 17.4 Å². The lowest BCUT2D eigenvalue weighted by atomic mass is 10.0. The molecule has 0 bridgehead atoms. The number of amides is 1. The third kappa shape index (κ3) is 3.74. The van der Waals surface area contributed by atoms with Gasteiger partial charge in [-0.25, -0.2) is 0 Å². The topological polar surface area (TPSA) is 72.1 Å². The van der Waals surface area contributed by atoms with Gasteiger partial charge in [0.15, 0.2) is 0 Å². The van der Waals surface area contributed by atoms with Crippen LogP contribution in [0.2, 0.25) is 0 Å². The zero-order valence-electron chi connectivity index (χ0n) is 11.5. The zero-order chi connectivity index (χ0) is 13.7. The first kappa shape index (κ1) is 15.0. The molecule has 0 saturated heterocycles. The van der Waals surface area contributed by atoms with E-state index >= 15 is 0 Å². The molecule has 0 saturated carbocycles. The van der Waals surface area contributed by atoms with Gasteiger partial charge in [0.05, 0.1) is 5.69 Å². The van der Waals surface area contributed by atoms with Crippen molar-refractivity contribution in [3.05, 3.63) is 10.6 Å². The van der Waals surface area contributed by atoms with Gasteiger partial charge in [-0.15, -0.1) is 5.10 Å². The van der Waals surface area contributed by atoms with Crippen LogP contribution in [0.3, 0.4) is 0 Å². The van der Waals surface area contributed by atoms with Crippen molar-refractivity contribution in [3.63, 3.8) is 0 Å². The maximum atomic E-state index is 12.2. The standard InChI is InChI=1S/C12H22N4OS/c1-5-10-11(18-15-14-10)12(17)16(4)7-6-9(13)8(2)3/h8-9H,5-7,13H2,1-4H3. The molecule has 2 N–H and O–H groups in total. The minimum absolute atomic E-state index is 0.00203. The van der Waals surface area contributed by atoms with Crippen molar-refractivity contribution in [2.75, 3.05) is 13.6 Å². The van der Waals surface area contributed by atoms with E-state index in [2.05, 4.69) is 23.4 Å². The number of rotatable bonds is 6. The molecule has 0 aromatic carbocycles. The van der Waals surface area contributed by atoms with Gasteiger partial charge in [0.1, 0.15) is 4.88 Å². The summed E-state index contributed by atoms with van der Waals surface area (Å²) in [6.07, 6.45) is 1.55. The highest BCUT2D eigenvalue weighted by atomic mass is 32.1. The number of carbonyl (C=O) groups excluding carboxylic acids is 1. The number of hydrogen-bond acceptors (Lipinski definition) is 5. The van der Waals surface area contributed by atoms with E-state index in [1.807, 2.05) is 6.92 Å². The number of nitrogens with zero attached hydrogens (tertiary/aromatic N) is 3. The molecule has 18 heavy (non-hydrogen) atoms. The molecular weight excluding hydrogens is 248 g/mol. The van der Waals surface area contributed by atoms with Crippen LogP contribution in [0.4, 0.5) is 0 Å². The van der Waals surface area contributed by atoms with Gasteiger partial charge in [0.25, 0.3) is 5.91 Å². The van der Waals surface area contributed by atoms with Crippen LogP contribution >= 0.6 is 11.5 Å². The lowest BCUT2D eigenvalue weighted by Gasteiger charge is -2.21. The van der Waals surface area contributed by atoms with E-state index in [1.165, 1.54) is 11.5 Å². The van der Waals surface area contributed by atoms with Gasteiger partial charge < -0.3 is 10.6 Å². The highest BCUT2D eigenvalue weighted by Crippen LogP contribution is 2.14. The van der Waals surface area contributed by atoms with E-state index in [0.29, 0.717) is 17.3 Å². The molecular formula is C12H22N4OS. The van der Waals surface area contributed by atoms with Crippen LogP contribution in [0.25, 0.3) is 0 Å². The smallest absolute Gasteiger partial charge is 0.267 e. The van der Waals surface area contributed by atoms with Crippen molar-refractivity contribution in [2.45, 2.75) is 39.7 Å². The summed E-state index contributed by atoms with van der Waals surface area (Å²) >= 11 is 1.17. The molecule has 0 aliphatic heterocycles. The fourth-order valence-corrected chi connectivity index (χ4v) is 2.30. The van der Waals surface area contributed by atoms with Gasteiger partial charge in [0, 0.05) is 19.6 Å². The van der Waals surface area contributed by atoms with Crippen molar-refractivity contribution in [1.82, 2.24) is 14.5 Å². The fourth-order valence-electron chi connectivity index (χ4n) is 1.55. The van der Waals surface area contributed by atoms with Crippen LogP contribution in [-0.2, 0) is 6.42 Å². The summed E-state index contributed by atoms with van der Waals surface area (Å²) in [6, 6.07) is 0.130. The van der Waals surface area contributed by atoms with Crippen molar-refractivity contribution in [1.29, 1.82) is 0 Å². The van der Waals surface area contributed by atoms with Crippen LogP contribution in [0, 0.1) is 5.92 Å². The van der Waals surface area contributed by atoms with Crippen LogP contribution in [0.5, 0.6) is 0 Å². The largest absolute Gasteiger partial charge is 0.341 e. The van der Waals surface area contributed by atoms with E-state index in [0.717, 1.165) is 18.5 Å². The van der Waals surface area contributed by atoms with Gasteiger partial charge in [0.2, 0.25) is 0 Å². The molecule has 1 heterocycles. The van der Waals surface area contributed by atoms with Crippen molar-refractivity contribution < 1.29 is 4.79 Å². The molecule has 0 fully saturated rings. The molecule has 1 aromatic heterocycles. The molecule has 102 valence electrons. The molecule has 1 amide bonds. The highest BCUT2D eigenvalue weighted by Gasteiger charge is 2.19. The minimum atomic E-state index is -0.00203. The normalized spacial score (nSPS) is 12.8. The number of aromatic nitrogens is 2. The molecule has 0 spiro atoms. The van der Waals surface area contributed by atoms with Gasteiger partial charge in [-0.2, -0.15) is 0 Å². The molecule has 6 heteroatoms. The Morgan fingerprint density at radius 1 is 1.50 bits per heavy atom. The molecule has 0 radical (unpaired) electrons. The molecule has 1 aromatic rings. The number of carbonyl (C=O) groups is 1. The second-order valence-corrected chi connectivity index (χ2v) is 5.58. The Morgan fingerprint density at radius 2 is 2.17 bits per heavy atom. The van der Waals surface area contributed by atoms with E-state index in [-0.39, 0.29) is 11.9 Å². The average molecular weight is 270 g/mol. The first-order valence-corrected chi connectivity index (χ1v) is 7.07. The number of hydrogen-bond donors (Lipinski definition) is 1. The summed E-state index contributed by atoms with van der Waals surface area (Å²) in [6.45, 7) is 6.82.